The smallest absolute Gasteiger partial charge is 0.261 e. The summed E-state index contributed by atoms with van der Waals surface area (Å²) >= 11 is 0. The van der Waals surface area contributed by atoms with E-state index in [1.165, 1.54) is 42.5 Å². The molecule has 2 aromatic rings. The summed E-state index contributed by atoms with van der Waals surface area (Å²) in [6.07, 6.45) is 1.88. The van der Waals surface area contributed by atoms with Crippen LogP contribution >= 0.6 is 12.4 Å². The monoisotopic (exact) mass is 413 g/mol. The van der Waals surface area contributed by atoms with Crippen LogP contribution in [0.25, 0.3) is 0 Å². The Morgan fingerprint density at radius 2 is 1.89 bits per heavy atom. The Labute approximate surface area is 164 Å². The van der Waals surface area contributed by atoms with Crippen molar-refractivity contribution in [1.82, 2.24) is 10.6 Å². The highest BCUT2D eigenvalue weighted by atomic mass is 35.5. The molecule has 1 saturated heterocycles. The Hall–Kier alpha value is -2.16. The number of hydrogen-bond donors (Lipinski definition) is 3. The molecule has 27 heavy (non-hydrogen) atoms. The van der Waals surface area contributed by atoms with E-state index in [2.05, 4.69) is 15.4 Å². The Balaban J connectivity index is 0.00000261. The lowest BCUT2D eigenvalue weighted by atomic mass is 10.1. The van der Waals surface area contributed by atoms with Gasteiger partial charge in [0.2, 0.25) is 0 Å². The van der Waals surface area contributed by atoms with E-state index in [9.17, 15) is 17.6 Å². The Kier molecular flexibility index (Phi) is 7.18. The van der Waals surface area contributed by atoms with Gasteiger partial charge in [-0.3, -0.25) is 9.52 Å². The van der Waals surface area contributed by atoms with Crippen LogP contribution in [0, 0.1) is 5.82 Å². The number of sulfonamides is 1. The normalized spacial score (nSPS) is 16.9. The number of nitrogens with one attached hydrogen (secondary N) is 3. The van der Waals surface area contributed by atoms with Crippen LogP contribution in [0.1, 0.15) is 23.2 Å². The van der Waals surface area contributed by atoms with Gasteiger partial charge >= 0.3 is 0 Å². The van der Waals surface area contributed by atoms with Gasteiger partial charge in [-0.25, -0.2) is 12.8 Å². The molecule has 0 bridgehead atoms. The predicted molar refractivity (Wildman–Crippen MR) is 104 cm³/mol. The molecule has 1 fully saturated rings. The number of piperidine rings is 1. The molecule has 1 heterocycles. The first kappa shape index (κ1) is 21.1. The van der Waals surface area contributed by atoms with Crippen LogP contribution in [-0.2, 0) is 10.0 Å². The molecule has 1 amide bonds. The number of halogens is 2. The minimum Gasteiger partial charge on any atom is -0.348 e. The van der Waals surface area contributed by atoms with Crippen LogP contribution in [0.5, 0.6) is 0 Å². The molecule has 9 heteroatoms. The fourth-order valence-electron chi connectivity index (χ4n) is 2.78. The molecule has 3 rings (SSSR count). The molecule has 1 aliphatic heterocycles. The first-order valence-corrected chi connectivity index (χ1v) is 9.82. The Morgan fingerprint density at radius 1 is 1.15 bits per heavy atom. The van der Waals surface area contributed by atoms with Crippen LogP contribution in [0.2, 0.25) is 0 Å². The summed E-state index contributed by atoms with van der Waals surface area (Å²) in [4.78, 5) is 12.4. The maximum atomic E-state index is 13.0. The number of rotatable bonds is 5. The van der Waals surface area contributed by atoms with Gasteiger partial charge in [0, 0.05) is 23.8 Å². The molecular weight excluding hydrogens is 393 g/mol. The largest absolute Gasteiger partial charge is 0.348 e. The van der Waals surface area contributed by atoms with Gasteiger partial charge in [-0.15, -0.1) is 12.4 Å². The highest BCUT2D eigenvalue weighted by molar-refractivity contribution is 7.92. The molecule has 0 aromatic heterocycles. The molecule has 0 aliphatic carbocycles. The van der Waals surface area contributed by atoms with Gasteiger partial charge in [-0.1, -0.05) is 6.07 Å². The summed E-state index contributed by atoms with van der Waals surface area (Å²) in [6, 6.07) is 10.9. The van der Waals surface area contributed by atoms with E-state index >= 15 is 0 Å². The highest BCUT2D eigenvalue weighted by Gasteiger charge is 2.19. The van der Waals surface area contributed by atoms with Crippen LogP contribution in [0.15, 0.2) is 53.4 Å². The topological polar surface area (TPSA) is 87.3 Å². The zero-order valence-corrected chi connectivity index (χ0v) is 16.1. The Bertz CT molecular complexity index is 885. The molecule has 1 unspecified atom stereocenters. The van der Waals surface area contributed by atoms with Crippen molar-refractivity contribution in [3.63, 3.8) is 0 Å². The molecule has 3 N–H and O–H groups in total. The first-order valence-electron chi connectivity index (χ1n) is 8.34. The third-order valence-corrected chi connectivity index (χ3v) is 5.51. The molecule has 0 spiro atoms. The van der Waals surface area contributed by atoms with Crippen molar-refractivity contribution in [2.45, 2.75) is 23.8 Å². The molecule has 1 atom stereocenters. The second kappa shape index (κ2) is 9.16. The highest BCUT2D eigenvalue weighted by Crippen LogP contribution is 2.18. The van der Waals surface area contributed by atoms with E-state index in [1.54, 1.807) is 6.07 Å². The number of carbonyl (C=O) groups excluding carboxylic acids is 1. The molecule has 1 aliphatic rings. The van der Waals surface area contributed by atoms with Crippen molar-refractivity contribution in [1.29, 1.82) is 0 Å². The molecule has 0 saturated carbocycles. The quantitative estimate of drug-likeness (QED) is 0.703. The summed E-state index contributed by atoms with van der Waals surface area (Å²) in [5.41, 5.74) is 0.520. The van der Waals surface area contributed by atoms with E-state index in [1.807, 2.05) is 0 Å². The van der Waals surface area contributed by atoms with Gasteiger partial charge in [0.15, 0.2) is 0 Å². The fourth-order valence-corrected chi connectivity index (χ4v) is 3.88. The minimum absolute atomic E-state index is 0. The lowest BCUT2D eigenvalue weighted by Gasteiger charge is -2.23. The zero-order chi connectivity index (χ0) is 18.6. The second-order valence-corrected chi connectivity index (χ2v) is 7.84. The van der Waals surface area contributed by atoms with Crippen molar-refractivity contribution < 1.29 is 17.6 Å². The van der Waals surface area contributed by atoms with E-state index in [-0.39, 0.29) is 40.5 Å². The molecule has 2 aromatic carbocycles. The van der Waals surface area contributed by atoms with Crippen molar-refractivity contribution >= 4 is 34.0 Å². The van der Waals surface area contributed by atoms with Gasteiger partial charge in [0.1, 0.15) is 5.82 Å². The average molecular weight is 414 g/mol. The third-order valence-electron chi connectivity index (χ3n) is 4.14. The van der Waals surface area contributed by atoms with Crippen molar-refractivity contribution in [2.24, 2.45) is 0 Å². The van der Waals surface area contributed by atoms with Crippen molar-refractivity contribution in [3.05, 3.63) is 59.9 Å². The molecule has 0 radical (unpaired) electrons. The fraction of sp³-hybridized carbons (Fsp3) is 0.278. The van der Waals surface area contributed by atoms with E-state index < -0.39 is 15.8 Å². The second-order valence-electron chi connectivity index (χ2n) is 6.16. The van der Waals surface area contributed by atoms with E-state index in [0.717, 1.165) is 19.4 Å². The van der Waals surface area contributed by atoms with Gasteiger partial charge in [0.05, 0.1) is 4.90 Å². The minimum atomic E-state index is -3.88. The maximum absolute atomic E-state index is 13.0. The first-order chi connectivity index (χ1) is 12.4. The summed E-state index contributed by atoms with van der Waals surface area (Å²) in [5, 5.41) is 6.12. The summed E-state index contributed by atoms with van der Waals surface area (Å²) < 4.78 is 40.3. The van der Waals surface area contributed by atoms with Gasteiger partial charge in [-0.2, -0.15) is 0 Å². The number of carbonyl (C=O) groups is 1. The molecular formula is C18H21ClFN3O3S. The Morgan fingerprint density at radius 3 is 2.56 bits per heavy atom. The SMILES string of the molecule is Cl.O=C(NC1CCCNC1)c1cccc(S(=O)(=O)Nc2ccc(F)cc2)c1. The number of anilines is 1. The number of amides is 1. The maximum Gasteiger partial charge on any atom is 0.261 e. The third kappa shape index (κ3) is 5.66. The standard InChI is InChI=1S/C18H20FN3O3S.ClH/c19-14-6-8-15(9-7-14)22-26(24,25)17-5-1-3-13(11-17)18(23)21-16-4-2-10-20-12-16;/h1,3,5-9,11,16,20,22H,2,4,10,12H2,(H,21,23);1H. The van der Waals surface area contributed by atoms with E-state index in [4.69, 9.17) is 0 Å². The van der Waals surface area contributed by atoms with Crippen molar-refractivity contribution in [2.75, 3.05) is 17.8 Å². The summed E-state index contributed by atoms with van der Waals surface area (Å²) in [6.45, 7) is 1.64. The van der Waals surface area contributed by atoms with Crippen LogP contribution in [0.4, 0.5) is 10.1 Å². The molecule has 6 nitrogen and oxygen atoms in total. The van der Waals surface area contributed by atoms with Crippen LogP contribution < -0.4 is 15.4 Å². The average Bonchev–Trinajstić information content (AvgIpc) is 2.64. The van der Waals surface area contributed by atoms with Gasteiger partial charge in [-0.05, 0) is 61.9 Å². The number of benzene rings is 2. The van der Waals surface area contributed by atoms with Gasteiger partial charge in [0.25, 0.3) is 15.9 Å². The lowest BCUT2D eigenvalue weighted by Crippen LogP contribution is -2.45. The van der Waals surface area contributed by atoms with E-state index in [0.29, 0.717) is 6.54 Å². The lowest BCUT2D eigenvalue weighted by molar-refractivity contribution is 0.0930. The summed E-state index contributed by atoms with van der Waals surface area (Å²) in [7, 11) is -3.88. The predicted octanol–water partition coefficient (Wildman–Crippen LogP) is 2.53. The van der Waals surface area contributed by atoms with Crippen molar-refractivity contribution in [3.8, 4) is 0 Å². The molecule has 146 valence electrons. The van der Waals surface area contributed by atoms with Gasteiger partial charge < -0.3 is 10.6 Å². The van der Waals surface area contributed by atoms with Crippen LogP contribution in [-0.4, -0.2) is 33.5 Å². The number of hydrogen-bond acceptors (Lipinski definition) is 4. The van der Waals surface area contributed by atoms with Crippen LogP contribution in [0.3, 0.4) is 0 Å². The summed E-state index contributed by atoms with van der Waals surface area (Å²) in [5.74, 6) is -0.763. The zero-order valence-electron chi connectivity index (χ0n) is 14.4.